The molecule has 0 bridgehead atoms. The first-order chi connectivity index (χ1) is 7.70. The van der Waals surface area contributed by atoms with Gasteiger partial charge in [-0.1, -0.05) is 0 Å². The fraction of sp³-hybridized carbons (Fsp3) is 0.100. The molecule has 0 radical (unpaired) electrons. The van der Waals surface area contributed by atoms with Gasteiger partial charge in [-0.2, -0.15) is 0 Å². The number of rotatable bonds is 2. The molecule has 1 aromatic carbocycles. The SMILES string of the molecule is NCC(=O)Nc1ccc2ncnc(N)c2c1. The lowest BCUT2D eigenvalue weighted by atomic mass is 10.2. The first kappa shape index (κ1) is 10.3. The average Bonchev–Trinajstić information content (AvgIpc) is 2.30. The summed E-state index contributed by atoms with van der Waals surface area (Å²) in [6.07, 6.45) is 1.40. The molecule has 2 rings (SSSR count). The van der Waals surface area contributed by atoms with Crippen LogP contribution in [0.25, 0.3) is 10.9 Å². The van der Waals surface area contributed by atoms with Crippen molar-refractivity contribution in [2.45, 2.75) is 0 Å². The fourth-order valence-electron chi connectivity index (χ4n) is 1.37. The summed E-state index contributed by atoms with van der Waals surface area (Å²) < 4.78 is 0. The summed E-state index contributed by atoms with van der Waals surface area (Å²) in [6.45, 7) is -0.0567. The minimum atomic E-state index is -0.255. The van der Waals surface area contributed by atoms with Gasteiger partial charge in [0.1, 0.15) is 12.1 Å². The number of nitrogens with two attached hydrogens (primary N) is 2. The second-order valence-electron chi connectivity index (χ2n) is 3.24. The number of benzene rings is 1. The van der Waals surface area contributed by atoms with Crippen LogP contribution >= 0.6 is 0 Å². The molecule has 0 unspecified atom stereocenters. The van der Waals surface area contributed by atoms with Crippen LogP contribution in [-0.4, -0.2) is 22.4 Å². The zero-order chi connectivity index (χ0) is 11.5. The van der Waals surface area contributed by atoms with Crippen molar-refractivity contribution in [1.82, 2.24) is 9.97 Å². The molecule has 0 saturated heterocycles. The summed E-state index contributed by atoms with van der Waals surface area (Å²) in [7, 11) is 0. The quantitative estimate of drug-likeness (QED) is 0.661. The third kappa shape index (κ3) is 1.91. The van der Waals surface area contributed by atoms with Gasteiger partial charge in [-0.05, 0) is 18.2 Å². The van der Waals surface area contributed by atoms with Crippen molar-refractivity contribution in [1.29, 1.82) is 0 Å². The standard InChI is InChI=1S/C10H11N5O/c11-4-9(16)15-6-1-2-8-7(3-6)10(12)14-5-13-8/h1-3,5H,4,11H2,(H,15,16)(H2,12,13,14). The van der Waals surface area contributed by atoms with Gasteiger partial charge in [0.25, 0.3) is 0 Å². The van der Waals surface area contributed by atoms with Crippen molar-refractivity contribution in [3.05, 3.63) is 24.5 Å². The maximum atomic E-state index is 11.1. The van der Waals surface area contributed by atoms with Gasteiger partial charge < -0.3 is 16.8 Å². The molecule has 0 aliphatic rings. The lowest BCUT2D eigenvalue weighted by Gasteiger charge is -2.05. The summed E-state index contributed by atoms with van der Waals surface area (Å²) >= 11 is 0. The Kier molecular flexibility index (Phi) is 2.65. The first-order valence-electron chi connectivity index (χ1n) is 4.71. The van der Waals surface area contributed by atoms with Gasteiger partial charge >= 0.3 is 0 Å². The number of nitrogens with one attached hydrogen (secondary N) is 1. The van der Waals surface area contributed by atoms with Crippen LogP contribution in [0.15, 0.2) is 24.5 Å². The second kappa shape index (κ2) is 4.11. The van der Waals surface area contributed by atoms with Crippen LogP contribution in [0.2, 0.25) is 0 Å². The molecular weight excluding hydrogens is 206 g/mol. The Morgan fingerprint density at radius 2 is 2.19 bits per heavy atom. The highest BCUT2D eigenvalue weighted by molar-refractivity contribution is 5.96. The Morgan fingerprint density at radius 1 is 1.38 bits per heavy atom. The molecule has 6 nitrogen and oxygen atoms in total. The van der Waals surface area contributed by atoms with Crippen molar-refractivity contribution in [3.8, 4) is 0 Å². The lowest BCUT2D eigenvalue weighted by molar-refractivity contribution is -0.114. The van der Waals surface area contributed by atoms with E-state index in [1.807, 2.05) is 0 Å². The predicted octanol–water partition coefficient (Wildman–Crippen LogP) is 0.109. The van der Waals surface area contributed by atoms with E-state index in [4.69, 9.17) is 11.5 Å². The van der Waals surface area contributed by atoms with E-state index < -0.39 is 0 Å². The van der Waals surface area contributed by atoms with Gasteiger partial charge in [0, 0.05) is 11.1 Å². The Bertz CT molecular complexity index is 540. The fourth-order valence-corrected chi connectivity index (χ4v) is 1.37. The minimum absolute atomic E-state index is 0.0567. The summed E-state index contributed by atoms with van der Waals surface area (Å²) in [6, 6.07) is 5.22. The maximum absolute atomic E-state index is 11.1. The minimum Gasteiger partial charge on any atom is -0.383 e. The molecule has 5 N–H and O–H groups in total. The molecule has 0 atom stereocenters. The van der Waals surface area contributed by atoms with Gasteiger partial charge in [-0.15, -0.1) is 0 Å². The highest BCUT2D eigenvalue weighted by Gasteiger charge is 2.03. The highest BCUT2D eigenvalue weighted by Crippen LogP contribution is 2.20. The Hall–Kier alpha value is -2.21. The monoisotopic (exact) mass is 217 g/mol. The number of nitrogen functional groups attached to an aromatic ring is 1. The van der Waals surface area contributed by atoms with E-state index in [-0.39, 0.29) is 12.5 Å². The number of hydrogen-bond donors (Lipinski definition) is 3. The maximum Gasteiger partial charge on any atom is 0.238 e. The number of amides is 1. The summed E-state index contributed by atoms with van der Waals surface area (Å²) in [4.78, 5) is 19.0. The number of nitrogens with zero attached hydrogens (tertiary/aromatic N) is 2. The zero-order valence-electron chi connectivity index (χ0n) is 8.47. The molecule has 1 amide bonds. The van der Waals surface area contributed by atoms with E-state index >= 15 is 0 Å². The summed E-state index contributed by atoms with van der Waals surface area (Å²) in [5, 5.41) is 3.34. The van der Waals surface area contributed by atoms with E-state index in [2.05, 4.69) is 15.3 Å². The number of fused-ring (bicyclic) bond motifs is 1. The number of aromatic nitrogens is 2. The molecule has 1 heterocycles. The van der Waals surface area contributed by atoms with Crippen molar-refractivity contribution in [2.24, 2.45) is 5.73 Å². The van der Waals surface area contributed by atoms with Crippen LogP contribution in [0.5, 0.6) is 0 Å². The number of hydrogen-bond acceptors (Lipinski definition) is 5. The van der Waals surface area contributed by atoms with Crippen LogP contribution in [0, 0.1) is 0 Å². The number of carbonyl (C=O) groups excluding carboxylic acids is 1. The molecule has 6 heteroatoms. The van der Waals surface area contributed by atoms with Gasteiger partial charge in [-0.3, -0.25) is 4.79 Å². The lowest BCUT2D eigenvalue weighted by Crippen LogP contribution is -2.21. The molecule has 0 spiro atoms. The van der Waals surface area contributed by atoms with Crippen LogP contribution in [0.3, 0.4) is 0 Å². The first-order valence-corrected chi connectivity index (χ1v) is 4.71. The normalized spacial score (nSPS) is 10.3. The molecule has 82 valence electrons. The van der Waals surface area contributed by atoms with E-state index in [0.29, 0.717) is 16.9 Å². The van der Waals surface area contributed by atoms with Gasteiger partial charge in [0.2, 0.25) is 5.91 Å². The largest absolute Gasteiger partial charge is 0.383 e. The summed E-state index contributed by atoms with van der Waals surface area (Å²) in [5.41, 5.74) is 12.3. The van der Waals surface area contributed by atoms with Gasteiger partial charge in [0.15, 0.2) is 0 Å². The molecular formula is C10H11N5O. The topological polar surface area (TPSA) is 107 Å². The smallest absolute Gasteiger partial charge is 0.238 e. The van der Waals surface area contributed by atoms with Gasteiger partial charge in [0.05, 0.1) is 12.1 Å². The Balaban J connectivity index is 2.43. The highest BCUT2D eigenvalue weighted by atomic mass is 16.1. The van der Waals surface area contributed by atoms with E-state index in [1.165, 1.54) is 6.33 Å². The van der Waals surface area contributed by atoms with E-state index in [1.54, 1.807) is 18.2 Å². The van der Waals surface area contributed by atoms with Crippen LogP contribution in [-0.2, 0) is 4.79 Å². The molecule has 0 fully saturated rings. The van der Waals surface area contributed by atoms with Crippen LogP contribution in [0.4, 0.5) is 11.5 Å². The van der Waals surface area contributed by atoms with Crippen molar-refractivity contribution in [3.63, 3.8) is 0 Å². The third-order valence-corrected chi connectivity index (χ3v) is 2.14. The Morgan fingerprint density at radius 3 is 2.94 bits per heavy atom. The predicted molar refractivity (Wildman–Crippen MR) is 61.6 cm³/mol. The van der Waals surface area contributed by atoms with Crippen LogP contribution in [0.1, 0.15) is 0 Å². The van der Waals surface area contributed by atoms with Crippen molar-refractivity contribution in [2.75, 3.05) is 17.6 Å². The molecule has 1 aromatic heterocycles. The van der Waals surface area contributed by atoms with Gasteiger partial charge in [-0.25, -0.2) is 9.97 Å². The number of carbonyl (C=O) groups is 1. The average molecular weight is 217 g/mol. The number of anilines is 2. The molecule has 0 aliphatic heterocycles. The zero-order valence-corrected chi connectivity index (χ0v) is 8.47. The summed E-state index contributed by atoms with van der Waals surface area (Å²) in [5.74, 6) is 0.128. The van der Waals surface area contributed by atoms with Crippen molar-refractivity contribution >= 4 is 28.3 Å². The third-order valence-electron chi connectivity index (χ3n) is 2.14. The molecule has 0 saturated carbocycles. The second-order valence-corrected chi connectivity index (χ2v) is 3.24. The Labute approximate surface area is 91.7 Å². The van der Waals surface area contributed by atoms with E-state index in [9.17, 15) is 4.79 Å². The van der Waals surface area contributed by atoms with Crippen LogP contribution < -0.4 is 16.8 Å². The molecule has 16 heavy (non-hydrogen) atoms. The molecule has 0 aliphatic carbocycles. The van der Waals surface area contributed by atoms with Crippen molar-refractivity contribution < 1.29 is 4.79 Å². The van der Waals surface area contributed by atoms with E-state index in [0.717, 1.165) is 5.52 Å². The molecule has 2 aromatic rings.